The Morgan fingerprint density at radius 3 is 2.38 bits per heavy atom. The maximum atomic E-state index is 11.4. The topological polar surface area (TPSA) is 46.2 Å². The van der Waals surface area contributed by atoms with Crippen LogP contribution in [0.2, 0.25) is 0 Å². The van der Waals surface area contributed by atoms with Gasteiger partial charge in [0.05, 0.1) is 5.25 Å². The average molecular weight is 205 g/mol. The second-order valence-corrected chi connectivity index (χ2v) is 6.25. The summed E-state index contributed by atoms with van der Waals surface area (Å²) in [6.45, 7) is 1.80. The molecule has 1 rings (SSSR count). The minimum absolute atomic E-state index is 0.236. The minimum Gasteiger partial charge on any atom is -0.218 e. The van der Waals surface area contributed by atoms with Crippen molar-refractivity contribution in [1.82, 2.24) is 4.72 Å². The van der Waals surface area contributed by atoms with E-state index >= 15 is 0 Å². The fourth-order valence-electron chi connectivity index (χ4n) is 2.04. The highest BCUT2D eigenvalue weighted by molar-refractivity contribution is 7.90. The van der Waals surface area contributed by atoms with Crippen molar-refractivity contribution in [2.45, 2.75) is 44.3 Å². The Balaban J connectivity index is 2.44. The van der Waals surface area contributed by atoms with E-state index in [1.165, 1.54) is 32.7 Å². The molecule has 0 spiro atoms. The largest absolute Gasteiger partial charge is 0.218 e. The zero-order chi connectivity index (χ0) is 9.90. The third kappa shape index (κ3) is 2.95. The number of hydrogen-bond acceptors (Lipinski definition) is 2. The molecule has 0 aromatic heterocycles. The van der Waals surface area contributed by atoms with Crippen molar-refractivity contribution in [3.63, 3.8) is 0 Å². The maximum absolute atomic E-state index is 11.4. The molecule has 0 bridgehead atoms. The van der Waals surface area contributed by atoms with Gasteiger partial charge in [0, 0.05) is 0 Å². The summed E-state index contributed by atoms with van der Waals surface area (Å²) >= 11 is 0. The van der Waals surface area contributed by atoms with Crippen LogP contribution < -0.4 is 4.72 Å². The first-order valence-electron chi connectivity index (χ1n) is 4.98. The normalized spacial score (nSPS) is 22.0. The van der Waals surface area contributed by atoms with E-state index in [1.807, 2.05) is 0 Å². The van der Waals surface area contributed by atoms with Crippen LogP contribution in [0, 0.1) is 5.92 Å². The molecule has 0 saturated heterocycles. The third-order valence-corrected chi connectivity index (χ3v) is 4.78. The van der Waals surface area contributed by atoms with Crippen molar-refractivity contribution >= 4 is 10.0 Å². The van der Waals surface area contributed by atoms with Crippen LogP contribution >= 0.6 is 0 Å². The van der Waals surface area contributed by atoms with E-state index < -0.39 is 10.0 Å². The van der Waals surface area contributed by atoms with Gasteiger partial charge in [-0.25, -0.2) is 13.1 Å². The molecule has 0 aromatic rings. The van der Waals surface area contributed by atoms with Crippen LogP contribution in [0.3, 0.4) is 0 Å². The van der Waals surface area contributed by atoms with Crippen molar-refractivity contribution in [3.05, 3.63) is 0 Å². The number of nitrogens with one attached hydrogen (secondary N) is 1. The summed E-state index contributed by atoms with van der Waals surface area (Å²) in [5.41, 5.74) is 0. The SMILES string of the molecule is CNS(=O)(=O)C(C)CC1CCCC1. The fourth-order valence-corrected chi connectivity index (χ4v) is 2.97. The first-order chi connectivity index (χ1) is 6.06. The van der Waals surface area contributed by atoms with Crippen molar-refractivity contribution in [1.29, 1.82) is 0 Å². The van der Waals surface area contributed by atoms with Gasteiger partial charge in [0.2, 0.25) is 10.0 Å². The maximum Gasteiger partial charge on any atom is 0.213 e. The Labute approximate surface area is 81.0 Å². The summed E-state index contributed by atoms with van der Waals surface area (Å²) in [6.07, 6.45) is 5.80. The smallest absolute Gasteiger partial charge is 0.213 e. The van der Waals surface area contributed by atoms with Gasteiger partial charge in [0.15, 0.2) is 0 Å². The lowest BCUT2D eigenvalue weighted by atomic mass is 10.0. The van der Waals surface area contributed by atoms with E-state index in [2.05, 4.69) is 4.72 Å². The van der Waals surface area contributed by atoms with Gasteiger partial charge >= 0.3 is 0 Å². The Kier molecular flexibility index (Phi) is 3.74. The summed E-state index contributed by atoms with van der Waals surface area (Å²) in [5.74, 6) is 0.637. The fraction of sp³-hybridized carbons (Fsp3) is 1.00. The molecule has 0 aromatic carbocycles. The summed E-state index contributed by atoms with van der Waals surface area (Å²) in [7, 11) is -1.55. The van der Waals surface area contributed by atoms with Crippen LogP contribution in [0.1, 0.15) is 39.0 Å². The van der Waals surface area contributed by atoms with Crippen LogP contribution in [0.4, 0.5) is 0 Å². The molecule has 1 fully saturated rings. The summed E-state index contributed by atoms with van der Waals surface area (Å²) < 4.78 is 25.1. The molecule has 1 atom stereocenters. The quantitative estimate of drug-likeness (QED) is 0.756. The lowest BCUT2D eigenvalue weighted by molar-refractivity contribution is 0.482. The molecule has 4 heteroatoms. The van der Waals surface area contributed by atoms with E-state index in [0.717, 1.165) is 6.42 Å². The Morgan fingerprint density at radius 1 is 1.38 bits per heavy atom. The molecule has 13 heavy (non-hydrogen) atoms. The van der Waals surface area contributed by atoms with Gasteiger partial charge < -0.3 is 0 Å². The van der Waals surface area contributed by atoms with Gasteiger partial charge in [0.25, 0.3) is 0 Å². The summed E-state index contributed by atoms with van der Waals surface area (Å²) in [4.78, 5) is 0. The Bertz CT molecular complexity index is 242. The number of hydrogen-bond donors (Lipinski definition) is 1. The predicted octanol–water partition coefficient (Wildman–Crippen LogP) is 1.50. The van der Waals surface area contributed by atoms with Crippen molar-refractivity contribution < 1.29 is 8.42 Å². The molecule has 0 heterocycles. The highest BCUT2D eigenvalue weighted by atomic mass is 32.2. The van der Waals surface area contributed by atoms with Crippen LogP contribution in [0.15, 0.2) is 0 Å². The molecule has 1 N–H and O–H groups in total. The molecule has 3 nitrogen and oxygen atoms in total. The number of rotatable bonds is 4. The van der Waals surface area contributed by atoms with Crippen LogP contribution in [0.25, 0.3) is 0 Å². The lowest BCUT2D eigenvalue weighted by Crippen LogP contribution is -2.30. The molecule has 1 aliphatic rings. The Hall–Kier alpha value is -0.0900. The summed E-state index contributed by atoms with van der Waals surface area (Å²) in [6, 6.07) is 0. The van der Waals surface area contributed by atoms with Crippen molar-refractivity contribution in [3.8, 4) is 0 Å². The average Bonchev–Trinajstić information content (AvgIpc) is 2.57. The number of sulfonamides is 1. The molecular formula is C9H19NO2S. The first kappa shape index (κ1) is 11.0. The highest BCUT2D eigenvalue weighted by Crippen LogP contribution is 2.29. The monoisotopic (exact) mass is 205 g/mol. The molecule has 78 valence electrons. The highest BCUT2D eigenvalue weighted by Gasteiger charge is 2.24. The van der Waals surface area contributed by atoms with E-state index in [0.29, 0.717) is 5.92 Å². The molecule has 1 unspecified atom stereocenters. The van der Waals surface area contributed by atoms with Gasteiger partial charge in [0.1, 0.15) is 0 Å². The molecule has 0 aliphatic heterocycles. The second kappa shape index (κ2) is 4.42. The molecule has 1 saturated carbocycles. The van der Waals surface area contributed by atoms with Crippen LogP contribution in [0.5, 0.6) is 0 Å². The lowest BCUT2D eigenvalue weighted by Gasteiger charge is -2.15. The van der Waals surface area contributed by atoms with Crippen molar-refractivity contribution in [2.75, 3.05) is 7.05 Å². The van der Waals surface area contributed by atoms with E-state index in [-0.39, 0.29) is 5.25 Å². The minimum atomic E-state index is -3.04. The van der Waals surface area contributed by atoms with Crippen LogP contribution in [-0.2, 0) is 10.0 Å². The molecular weight excluding hydrogens is 186 g/mol. The van der Waals surface area contributed by atoms with E-state index in [1.54, 1.807) is 6.92 Å². The zero-order valence-electron chi connectivity index (χ0n) is 8.41. The van der Waals surface area contributed by atoms with E-state index in [9.17, 15) is 8.42 Å². The van der Waals surface area contributed by atoms with Crippen molar-refractivity contribution in [2.24, 2.45) is 5.92 Å². The third-order valence-electron chi connectivity index (χ3n) is 2.95. The first-order valence-corrected chi connectivity index (χ1v) is 6.53. The van der Waals surface area contributed by atoms with Gasteiger partial charge in [-0.3, -0.25) is 0 Å². The van der Waals surface area contributed by atoms with Gasteiger partial charge in [-0.2, -0.15) is 0 Å². The molecule has 1 aliphatic carbocycles. The molecule has 0 radical (unpaired) electrons. The van der Waals surface area contributed by atoms with Gasteiger partial charge in [-0.1, -0.05) is 25.7 Å². The predicted molar refractivity (Wildman–Crippen MR) is 54.0 cm³/mol. The Morgan fingerprint density at radius 2 is 1.92 bits per heavy atom. The van der Waals surface area contributed by atoms with E-state index in [4.69, 9.17) is 0 Å². The van der Waals surface area contributed by atoms with Crippen LogP contribution in [-0.4, -0.2) is 20.7 Å². The van der Waals surface area contributed by atoms with Gasteiger partial charge in [-0.05, 0) is 26.3 Å². The van der Waals surface area contributed by atoms with Gasteiger partial charge in [-0.15, -0.1) is 0 Å². The zero-order valence-corrected chi connectivity index (χ0v) is 9.23. The second-order valence-electron chi connectivity index (χ2n) is 3.95. The standard InChI is InChI=1S/C9H19NO2S/c1-8(13(11,12)10-2)7-9-5-3-4-6-9/h8-10H,3-7H2,1-2H3. The molecule has 0 amide bonds. The summed E-state index contributed by atoms with van der Waals surface area (Å²) in [5, 5.41) is -0.236.